The molecular formula is C20H23NO5S. The van der Waals surface area contributed by atoms with Crippen molar-refractivity contribution in [2.75, 3.05) is 11.6 Å². The first-order valence-corrected chi connectivity index (χ1v) is 10.4. The fourth-order valence-electron chi connectivity index (χ4n) is 2.32. The van der Waals surface area contributed by atoms with Crippen molar-refractivity contribution in [3.8, 4) is 0 Å². The van der Waals surface area contributed by atoms with Crippen molar-refractivity contribution in [3.05, 3.63) is 59.7 Å². The molecule has 0 saturated carbocycles. The summed E-state index contributed by atoms with van der Waals surface area (Å²) in [4.78, 5) is 24.5. The van der Waals surface area contributed by atoms with Crippen LogP contribution in [0.1, 0.15) is 42.6 Å². The molecule has 144 valence electrons. The van der Waals surface area contributed by atoms with Gasteiger partial charge >= 0.3 is 5.97 Å². The molecule has 7 heteroatoms. The van der Waals surface area contributed by atoms with E-state index in [-0.39, 0.29) is 10.5 Å². The van der Waals surface area contributed by atoms with E-state index < -0.39 is 27.8 Å². The van der Waals surface area contributed by atoms with Crippen molar-refractivity contribution in [1.82, 2.24) is 0 Å². The molecule has 0 aromatic heterocycles. The van der Waals surface area contributed by atoms with Gasteiger partial charge in [0, 0.05) is 11.9 Å². The van der Waals surface area contributed by atoms with Crippen molar-refractivity contribution in [2.24, 2.45) is 0 Å². The number of hydrogen-bond donors (Lipinski definition) is 1. The second kappa shape index (κ2) is 8.35. The van der Waals surface area contributed by atoms with Crippen LogP contribution in [0.3, 0.4) is 0 Å². The first kappa shape index (κ1) is 20.6. The Morgan fingerprint density at radius 2 is 1.48 bits per heavy atom. The molecule has 2 aromatic rings. The SMILES string of the molecule is CC(C)c1ccc(NC(=O)[C@@H](C)OC(=O)c2ccc(S(C)(=O)=O)cc2)cc1. The third-order valence-electron chi connectivity index (χ3n) is 4.02. The molecule has 6 nitrogen and oxygen atoms in total. The molecular weight excluding hydrogens is 366 g/mol. The summed E-state index contributed by atoms with van der Waals surface area (Å²) in [5, 5.41) is 2.70. The number of hydrogen-bond acceptors (Lipinski definition) is 5. The number of rotatable bonds is 6. The monoisotopic (exact) mass is 389 g/mol. The minimum atomic E-state index is -3.34. The molecule has 0 radical (unpaired) electrons. The first-order chi connectivity index (χ1) is 12.6. The minimum absolute atomic E-state index is 0.106. The molecule has 0 aliphatic heterocycles. The predicted octanol–water partition coefficient (Wildman–Crippen LogP) is 3.40. The summed E-state index contributed by atoms with van der Waals surface area (Å²) in [5.74, 6) is -0.759. The third kappa shape index (κ3) is 5.65. The van der Waals surface area contributed by atoms with E-state index in [2.05, 4.69) is 19.2 Å². The zero-order chi connectivity index (χ0) is 20.2. The van der Waals surface area contributed by atoms with E-state index in [1.165, 1.54) is 31.2 Å². The maximum absolute atomic E-state index is 12.2. The van der Waals surface area contributed by atoms with Crippen LogP contribution < -0.4 is 5.32 Å². The van der Waals surface area contributed by atoms with Crippen molar-refractivity contribution >= 4 is 27.4 Å². The van der Waals surface area contributed by atoms with E-state index >= 15 is 0 Å². The Labute approximate surface area is 159 Å². The maximum atomic E-state index is 12.2. The first-order valence-electron chi connectivity index (χ1n) is 8.50. The van der Waals surface area contributed by atoms with Crippen molar-refractivity contribution in [2.45, 2.75) is 37.7 Å². The molecule has 0 saturated heterocycles. The zero-order valence-corrected chi connectivity index (χ0v) is 16.5. The molecule has 0 bridgehead atoms. The van der Waals surface area contributed by atoms with E-state index in [4.69, 9.17) is 4.74 Å². The summed E-state index contributed by atoms with van der Waals surface area (Å²) in [7, 11) is -3.34. The second-order valence-corrected chi connectivity index (χ2v) is 8.63. The molecule has 0 fully saturated rings. The number of amides is 1. The molecule has 0 aliphatic rings. The third-order valence-corrected chi connectivity index (χ3v) is 5.14. The normalized spacial score (nSPS) is 12.5. The van der Waals surface area contributed by atoms with Crippen LogP contribution in [-0.2, 0) is 19.4 Å². The summed E-state index contributed by atoms with van der Waals surface area (Å²) >= 11 is 0. The average Bonchev–Trinajstić information content (AvgIpc) is 2.61. The fourth-order valence-corrected chi connectivity index (χ4v) is 2.95. The molecule has 0 heterocycles. The highest BCUT2D eigenvalue weighted by atomic mass is 32.2. The lowest BCUT2D eigenvalue weighted by molar-refractivity contribution is -0.123. The number of esters is 1. The topological polar surface area (TPSA) is 89.5 Å². The van der Waals surface area contributed by atoms with Crippen molar-refractivity contribution < 1.29 is 22.7 Å². The van der Waals surface area contributed by atoms with Gasteiger partial charge in [0.1, 0.15) is 0 Å². The smallest absolute Gasteiger partial charge is 0.338 e. The van der Waals surface area contributed by atoms with Gasteiger partial charge in [0.25, 0.3) is 5.91 Å². The lowest BCUT2D eigenvalue weighted by atomic mass is 10.0. The van der Waals surface area contributed by atoms with Crippen LogP contribution in [-0.4, -0.2) is 32.7 Å². The van der Waals surface area contributed by atoms with Gasteiger partial charge in [0.15, 0.2) is 15.9 Å². The van der Waals surface area contributed by atoms with Gasteiger partial charge in [-0.1, -0.05) is 26.0 Å². The van der Waals surface area contributed by atoms with E-state index in [9.17, 15) is 18.0 Å². The highest BCUT2D eigenvalue weighted by Gasteiger charge is 2.19. The molecule has 0 aliphatic carbocycles. The van der Waals surface area contributed by atoms with Crippen LogP contribution in [0.5, 0.6) is 0 Å². The second-order valence-electron chi connectivity index (χ2n) is 6.61. The molecule has 0 spiro atoms. The van der Waals surface area contributed by atoms with Crippen LogP contribution in [0, 0.1) is 0 Å². The Hall–Kier alpha value is -2.67. The van der Waals surface area contributed by atoms with Crippen LogP contribution in [0.15, 0.2) is 53.4 Å². The Balaban J connectivity index is 1.97. The number of anilines is 1. The molecule has 2 aromatic carbocycles. The van der Waals surface area contributed by atoms with Crippen LogP contribution in [0.4, 0.5) is 5.69 Å². The largest absolute Gasteiger partial charge is 0.449 e. The van der Waals surface area contributed by atoms with E-state index in [0.717, 1.165) is 11.8 Å². The number of carbonyl (C=O) groups is 2. The Bertz CT molecular complexity index is 916. The summed E-state index contributed by atoms with van der Waals surface area (Å²) in [6.45, 7) is 5.63. The number of benzene rings is 2. The quantitative estimate of drug-likeness (QED) is 0.765. The number of carbonyl (C=O) groups excluding carboxylic acids is 2. The van der Waals surface area contributed by atoms with E-state index in [1.54, 1.807) is 12.1 Å². The lowest BCUT2D eigenvalue weighted by Crippen LogP contribution is -2.30. The standard InChI is InChI=1S/C20H23NO5S/c1-13(2)15-5-9-17(10-6-15)21-19(22)14(3)26-20(23)16-7-11-18(12-8-16)27(4,24)25/h5-14H,1-4H3,(H,21,22)/t14-/m1/s1. The van der Waals surface area contributed by atoms with Gasteiger partial charge in [-0.3, -0.25) is 4.79 Å². The lowest BCUT2D eigenvalue weighted by Gasteiger charge is -2.14. The Morgan fingerprint density at radius 1 is 0.926 bits per heavy atom. The number of nitrogens with one attached hydrogen (secondary N) is 1. The Morgan fingerprint density at radius 3 is 1.96 bits per heavy atom. The highest BCUT2D eigenvalue weighted by Crippen LogP contribution is 2.17. The molecule has 1 N–H and O–H groups in total. The van der Waals surface area contributed by atoms with Crippen molar-refractivity contribution in [3.63, 3.8) is 0 Å². The predicted molar refractivity (Wildman–Crippen MR) is 104 cm³/mol. The van der Waals surface area contributed by atoms with Gasteiger partial charge in [-0.15, -0.1) is 0 Å². The van der Waals surface area contributed by atoms with Crippen LogP contribution in [0.2, 0.25) is 0 Å². The van der Waals surface area contributed by atoms with E-state index in [0.29, 0.717) is 11.6 Å². The van der Waals surface area contributed by atoms with Gasteiger partial charge < -0.3 is 10.1 Å². The number of sulfone groups is 1. The van der Waals surface area contributed by atoms with Crippen LogP contribution >= 0.6 is 0 Å². The van der Waals surface area contributed by atoms with Gasteiger partial charge in [-0.2, -0.15) is 0 Å². The number of ether oxygens (including phenoxy) is 1. The van der Waals surface area contributed by atoms with Gasteiger partial charge in [0.05, 0.1) is 10.5 Å². The summed E-state index contributed by atoms with van der Waals surface area (Å²) in [6.07, 6.45) is 0.0809. The summed E-state index contributed by atoms with van der Waals surface area (Å²) in [5.41, 5.74) is 1.94. The van der Waals surface area contributed by atoms with Crippen molar-refractivity contribution in [1.29, 1.82) is 0 Å². The summed E-state index contributed by atoms with van der Waals surface area (Å²) in [6, 6.07) is 12.8. The Kier molecular flexibility index (Phi) is 6.38. The van der Waals surface area contributed by atoms with Crippen LogP contribution in [0.25, 0.3) is 0 Å². The molecule has 1 atom stereocenters. The minimum Gasteiger partial charge on any atom is -0.449 e. The zero-order valence-electron chi connectivity index (χ0n) is 15.7. The molecule has 0 unspecified atom stereocenters. The molecule has 27 heavy (non-hydrogen) atoms. The molecule has 2 rings (SSSR count). The van der Waals surface area contributed by atoms with Gasteiger partial charge in [-0.05, 0) is 54.8 Å². The summed E-state index contributed by atoms with van der Waals surface area (Å²) < 4.78 is 28.0. The molecule has 1 amide bonds. The average molecular weight is 389 g/mol. The highest BCUT2D eigenvalue weighted by molar-refractivity contribution is 7.90. The maximum Gasteiger partial charge on any atom is 0.338 e. The van der Waals surface area contributed by atoms with Gasteiger partial charge in [-0.25, -0.2) is 13.2 Å². The van der Waals surface area contributed by atoms with E-state index in [1.807, 2.05) is 12.1 Å². The van der Waals surface area contributed by atoms with Gasteiger partial charge in [0.2, 0.25) is 0 Å². The fraction of sp³-hybridized carbons (Fsp3) is 0.300.